The van der Waals surface area contributed by atoms with Gasteiger partial charge in [0.05, 0.1) is 6.61 Å². The van der Waals surface area contributed by atoms with Crippen molar-refractivity contribution < 1.29 is 9.53 Å². The fourth-order valence-electron chi connectivity index (χ4n) is 4.03. The minimum absolute atomic E-state index is 0.219. The van der Waals surface area contributed by atoms with E-state index in [1.54, 1.807) is 0 Å². The fraction of sp³-hybridized carbons (Fsp3) is 0.933. The summed E-state index contributed by atoms with van der Waals surface area (Å²) >= 11 is 0. The van der Waals surface area contributed by atoms with E-state index in [4.69, 9.17) is 4.74 Å². The Morgan fingerprint density at radius 2 is 1.95 bits per heavy atom. The second-order valence-corrected chi connectivity index (χ2v) is 6.49. The van der Waals surface area contributed by atoms with E-state index in [1.165, 1.54) is 44.9 Å². The molecule has 1 N–H and O–H groups in total. The summed E-state index contributed by atoms with van der Waals surface area (Å²) in [6.45, 7) is 4.12. The van der Waals surface area contributed by atoms with Crippen LogP contribution in [0, 0.1) is 5.41 Å². The molecule has 2 aliphatic heterocycles. The zero-order valence-corrected chi connectivity index (χ0v) is 11.8. The number of rotatable bonds is 1. The van der Waals surface area contributed by atoms with Crippen molar-refractivity contribution in [2.45, 2.75) is 51.0 Å². The topological polar surface area (TPSA) is 41.6 Å². The van der Waals surface area contributed by atoms with Crippen LogP contribution in [0.5, 0.6) is 0 Å². The minimum Gasteiger partial charge on any atom is -0.366 e. The van der Waals surface area contributed by atoms with Gasteiger partial charge in [-0.3, -0.25) is 4.79 Å². The van der Waals surface area contributed by atoms with Crippen molar-refractivity contribution in [1.29, 1.82) is 0 Å². The molecule has 1 aliphatic carbocycles. The van der Waals surface area contributed by atoms with Crippen molar-refractivity contribution in [2.24, 2.45) is 5.41 Å². The summed E-state index contributed by atoms with van der Waals surface area (Å²) in [5, 5.41) is 3.25. The van der Waals surface area contributed by atoms with Crippen molar-refractivity contribution in [1.82, 2.24) is 10.2 Å². The summed E-state index contributed by atoms with van der Waals surface area (Å²) in [6, 6.07) is 0. The highest BCUT2D eigenvalue weighted by atomic mass is 16.5. The van der Waals surface area contributed by atoms with Crippen molar-refractivity contribution in [2.75, 3.05) is 32.8 Å². The largest absolute Gasteiger partial charge is 0.366 e. The third-order valence-corrected chi connectivity index (χ3v) is 5.09. The van der Waals surface area contributed by atoms with Gasteiger partial charge in [0.2, 0.25) is 0 Å². The number of carbonyl (C=O) groups excluding carboxylic acids is 1. The smallest absolute Gasteiger partial charge is 0.253 e. The summed E-state index contributed by atoms with van der Waals surface area (Å²) < 4.78 is 5.62. The summed E-state index contributed by atoms with van der Waals surface area (Å²) in [5.74, 6) is 0.219. The van der Waals surface area contributed by atoms with E-state index in [-0.39, 0.29) is 12.0 Å². The number of carbonyl (C=O) groups is 1. The van der Waals surface area contributed by atoms with E-state index >= 15 is 0 Å². The Bertz CT molecular complexity index is 315. The maximum atomic E-state index is 12.5. The summed E-state index contributed by atoms with van der Waals surface area (Å²) in [5.41, 5.74) is 0.439. The molecule has 2 heterocycles. The maximum absolute atomic E-state index is 12.5. The third kappa shape index (κ3) is 2.95. The summed E-state index contributed by atoms with van der Waals surface area (Å²) in [4.78, 5) is 14.6. The van der Waals surface area contributed by atoms with Crippen molar-refractivity contribution >= 4 is 5.91 Å². The Hall–Kier alpha value is -0.610. The lowest BCUT2D eigenvalue weighted by atomic mass is 9.69. The van der Waals surface area contributed by atoms with Crippen LogP contribution in [-0.4, -0.2) is 49.7 Å². The molecule has 3 fully saturated rings. The van der Waals surface area contributed by atoms with Gasteiger partial charge in [-0.25, -0.2) is 0 Å². The molecule has 1 saturated carbocycles. The van der Waals surface area contributed by atoms with Gasteiger partial charge in [-0.05, 0) is 31.1 Å². The van der Waals surface area contributed by atoms with E-state index in [1.807, 2.05) is 0 Å². The zero-order valence-electron chi connectivity index (χ0n) is 11.8. The molecular formula is C15H26N2O2. The molecular weight excluding hydrogens is 240 g/mol. The summed E-state index contributed by atoms with van der Waals surface area (Å²) in [7, 11) is 0. The molecule has 19 heavy (non-hydrogen) atoms. The van der Waals surface area contributed by atoms with Gasteiger partial charge in [0.15, 0.2) is 0 Å². The predicted octanol–water partition coefficient (Wildman–Crippen LogP) is 1.55. The second kappa shape index (κ2) is 5.80. The normalized spacial score (nSPS) is 31.4. The number of hydrogen-bond donors (Lipinski definition) is 1. The van der Waals surface area contributed by atoms with Crippen LogP contribution < -0.4 is 5.32 Å². The molecule has 108 valence electrons. The zero-order chi connectivity index (χ0) is 13.1. The quantitative estimate of drug-likeness (QED) is 0.783. The van der Waals surface area contributed by atoms with Gasteiger partial charge in [0, 0.05) is 26.2 Å². The first kappa shape index (κ1) is 13.4. The van der Waals surface area contributed by atoms with Crippen LogP contribution in [0.3, 0.4) is 0 Å². The van der Waals surface area contributed by atoms with Crippen LogP contribution in [0.4, 0.5) is 0 Å². The van der Waals surface area contributed by atoms with Crippen molar-refractivity contribution in [3.05, 3.63) is 0 Å². The lowest BCUT2D eigenvalue weighted by Crippen LogP contribution is -2.54. The molecule has 1 atom stereocenters. The minimum atomic E-state index is -0.243. The Morgan fingerprint density at radius 1 is 1.16 bits per heavy atom. The van der Waals surface area contributed by atoms with E-state index < -0.39 is 0 Å². The molecule has 0 aromatic carbocycles. The Balaban J connectivity index is 1.62. The van der Waals surface area contributed by atoms with Crippen LogP contribution in [-0.2, 0) is 9.53 Å². The first-order chi connectivity index (χ1) is 9.29. The lowest BCUT2D eigenvalue weighted by Gasteiger charge is -2.46. The molecule has 1 unspecified atom stereocenters. The van der Waals surface area contributed by atoms with Crippen molar-refractivity contribution in [3.63, 3.8) is 0 Å². The van der Waals surface area contributed by atoms with Crippen LogP contribution >= 0.6 is 0 Å². The average molecular weight is 266 g/mol. The van der Waals surface area contributed by atoms with E-state index in [0.717, 1.165) is 19.6 Å². The number of nitrogens with one attached hydrogen (secondary N) is 1. The van der Waals surface area contributed by atoms with E-state index in [2.05, 4.69) is 10.2 Å². The molecule has 0 aromatic heterocycles. The standard InChI is InChI=1S/C15H26N2O2/c18-14(13-11-16-8-10-19-13)17-9-4-7-15(12-17)5-2-1-3-6-15/h13,16H,1-12H2. The Kier molecular flexibility index (Phi) is 4.08. The van der Waals surface area contributed by atoms with Gasteiger partial charge >= 0.3 is 0 Å². The molecule has 2 saturated heterocycles. The number of nitrogens with zero attached hydrogens (tertiary/aromatic N) is 1. The van der Waals surface area contributed by atoms with E-state index in [9.17, 15) is 4.79 Å². The highest BCUT2D eigenvalue weighted by Gasteiger charge is 2.39. The maximum Gasteiger partial charge on any atom is 0.253 e. The molecule has 0 radical (unpaired) electrons. The molecule has 4 nitrogen and oxygen atoms in total. The highest BCUT2D eigenvalue weighted by Crippen LogP contribution is 2.43. The Morgan fingerprint density at radius 3 is 2.68 bits per heavy atom. The highest BCUT2D eigenvalue weighted by molar-refractivity contribution is 5.81. The van der Waals surface area contributed by atoms with Crippen LogP contribution in [0.15, 0.2) is 0 Å². The summed E-state index contributed by atoms with van der Waals surface area (Å²) in [6.07, 6.45) is 8.97. The molecule has 4 heteroatoms. The average Bonchev–Trinajstić information content (AvgIpc) is 2.48. The number of hydrogen-bond acceptors (Lipinski definition) is 3. The van der Waals surface area contributed by atoms with Crippen LogP contribution in [0.1, 0.15) is 44.9 Å². The first-order valence-corrected chi connectivity index (χ1v) is 7.90. The molecule has 0 aromatic rings. The number of morpholine rings is 1. The number of ether oxygens (including phenoxy) is 1. The van der Waals surface area contributed by atoms with Gasteiger partial charge < -0.3 is 15.0 Å². The Labute approximate surface area is 115 Å². The SMILES string of the molecule is O=C(C1CNCCO1)N1CCCC2(CCCCC2)C1. The fourth-order valence-corrected chi connectivity index (χ4v) is 4.03. The third-order valence-electron chi connectivity index (χ3n) is 5.09. The second-order valence-electron chi connectivity index (χ2n) is 6.49. The molecule has 3 rings (SSSR count). The predicted molar refractivity (Wildman–Crippen MR) is 73.9 cm³/mol. The number of likely N-dealkylation sites (tertiary alicyclic amines) is 1. The molecule has 0 bridgehead atoms. The first-order valence-electron chi connectivity index (χ1n) is 7.90. The molecule has 1 amide bonds. The van der Waals surface area contributed by atoms with Gasteiger partial charge in [-0.15, -0.1) is 0 Å². The van der Waals surface area contributed by atoms with Crippen LogP contribution in [0.25, 0.3) is 0 Å². The van der Waals surface area contributed by atoms with Gasteiger partial charge in [0.1, 0.15) is 6.10 Å². The number of piperidine rings is 1. The number of amides is 1. The van der Waals surface area contributed by atoms with Gasteiger partial charge in [-0.1, -0.05) is 19.3 Å². The monoisotopic (exact) mass is 266 g/mol. The lowest BCUT2D eigenvalue weighted by molar-refractivity contribution is -0.149. The van der Waals surface area contributed by atoms with E-state index in [0.29, 0.717) is 18.6 Å². The van der Waals surface area contributed by atoms with Crippen LogP contribution in [0.2, 0.25) is 0 Å². The van der Waals surface area contributed by atoms with Gasteiger partial charge in [-0.2, -0.15) is 0 Å². The van der Waals surface area contributed by atoms with Gasteiger partial charge in [0.25, 0.3) is 5.91 Å². The van der Waals surface area contributed by atoms with Crippen molar-refractivity contribution in [3.8, 4) is 0 Å². The molecule has 1 spiro atoms. The molecule has 3 aliphatic rings.